The van der Waals surface area contributed by atoms with Crippen LogP contribution in [0.2, 0.25) is 0 Å². The van der Waals surface area contributed by atoms with Crippen LogP contribution in [0.5, 0.6) is 0 Å². The highest BCUT2D eigenvalue weighted by atomic mass is 16.3. The van der Waals surface area contributed by atoms with Crippen molar-refractivity contribution in [1.29, 1.82) is 0 Å². The summed E-state index contributed by atoms with van der Waals surface area (Å²) in [6, 6.07) is -0.530. The van der Waals surface area contributed by atoms with E-state index in [4.69, 9.17) is 0 Å². The van der Waals surface area contributed by atoms with Crippen LogP contribution < -0.4 is 5.32 Å². The van der Waals surface area contributed by atoms with Crippen LogP contribution in [0.15, 0.2) is 12.2 Å². The Morgan fingerprint density at radius 1 is 0.535 bits per heavy atom. The van der Waals surface area contributed by atoms with Crippen molar-refractivity contribution in [3.63, 3.8) is 0 Å². The third-order valence-electron chi connectivity index (χ3n) is 9.03. The van der Waals surface area contributed by atoms with Gasteiger partial charge in [0.1, 0.15) is 0 Å². The molecule has 2 atom stereocenters. The maximum atomic E-state index is 12.3. The molecule has 0 aromatic heterocycles. The molecule has 0 bridgehead atoms. The van der Waals surface area contributed by atoms with Gasteiger partial charge >= 0.3 is 0 Å². The Labute approximate surface area is 269 Å². The topological polar surface area (TPSA) is 69.6 Å². The molecule has 0 spiro atoms. The molecule has 0 unspecified atom stereocenters. The van der Waals surface area contributed by atoms with Gasteiger partial charge in [0, 0.05) is 6.42 Å². The molecule has 4 nitrogen and oxygen atoms in total. The van der Waals surface area contributed by atoms with E-state index in [0.29, 0.717) is 12.8 Å². The number of carbonyl (C=O) groups excluding carboxylic acids is 1. The molecule has 0 aromatic rings. The molecule has 4 heteroatoms. The molecule has 0 radical (unpaired) electrons. The number of carbonyl (C=O) groups is 1. The lowest BCUT2D eigenvalue weighted by Crippen LogP contribution is -2.45. The van der Waals surface area contributed by atoms with Gasteiger partial charge in [-0.15, -0.1) is 0 Å². The lowest BCUT2D eigenvalue weighted by molar-refractivity contribution is -0.123. The first-order valence-electron chi connectivity index (χ1n) is 19.4. The summed E-state index contributed by atoms with van der Waals surface area (Å²) < 4.78 is 0. The Morgan fingerprint density at radius 2 is 0.884 bits per heavy atom. The summed E-state index contributed by atoms with van der Waals surface area (Å²) in [5.74, 6) is -0.0329. The molecule has 0 heterocycles. The zero-order chi connectivity index (χ0) is 31.5. The van der Waals surface area contributed by atoms with E-state index in [1.54, 1.807) is 0 Å². The minimum Gasteiger partial charge on any atom is -0.394 e. The van der Waals surface area contributed by atoms with Gasteiger partial charge in [0.15, 0.2) is 0 Å². The summed E-state index contributed by atoms with van der Waals surface area (Å²) in [6.07, 6.45) is 42.7. The fraction of sp³-hybridized carbons (Fsp3) is 0.923. The van der Waals surface area contributed by atoms with Crippen LogP contribution in [0, 0.1) is 0 Å². The number of nitrogens with one attached hydrogen (secondary N) is 1. The van der Waals surface area contributed by atoms with E-state index in [2.05, 4.69) is 31.3 Å². The predicted octanol–water partition coefficient (Wildman–Crippen LogP) is 11.5. The molecule has 256 valence electrons. The van der Waals surface area contributed by atoms with Crippen molar-refractivity contribution in [2.24, 2.45) is 0 Å². The van der Waals surface area contributed by atoms with Crippen molar-refractivity contribution in [2.45, 2.75) is 225 Å². The van der Waals surface area contributed by atoms with Gasteiger partial charge in [-0.1, -0.05) is 180 Å². The Hall–Kier alpha value is -0.870. The SMILES string of the molecule is CCCCCCCC/C=C/CCCCCCCCCCCCCC(=O)N[C@@H](CO)[C@H](O)CCCCCCCCCCCC. The maximum absolute atomic E-state index is 12.3. The average molecular weight is 608 g/mol. The van der Waals surface area contributed by atoms with Crippen LogP contribution in [0.3, 0.4) is 0 Å². The summed E-state index contributed by atoms with van der Waals surface area (Å²) in [5, 5.41) is 23.0. The van der Waals surface area contributed by atoms with Crippen molar-refractivity contribution < 1.29 is 15.0 Å². The predicted molar refractivity (Wildman–Crippen MR) is 189 cm³/mol. The molecule has 0 aliphatic heterocycles. The van der Waals surface area contributed by atoms with E-state index in [0.717, 1.165) is 25.7 Å². The van der Waals surface area contributed by atoms with Crippen molar-refractivity contribution in [2.75, 3.05) is 6.61 Å². The largest absolute Gasteiger partial charge is 0.394 e. The van der Waals surface area contributed by atoms with Crippen LogP contribution in [0.1, 0.15) is 213 Å². The molecular formula is C39H77NO3. The second kappa shape index (κ2) is 35.6. The number of unbranched alkanes of at least 4 members (excludes halogenated alkanes) is 26. The highest BCUT2D eigenvalue weighted by Gasteiger charge is 2.19. The molecule has 43 heavy (non-hydrogen) atoms. The first kappa shape index (κ1) is 42.1. The molecule has 3 N–H and O–H groups in total. The van der Waals surface area contributed by atoms with E-state index >= 15 is 0 Å². The molecule has 0 saturated carbocycles. The number of aliphatic hydroxyl groups excluding tert-OH is 2. The van der Waals surface area contributed by atoms with Crippen LogP contribution in [0.25, 0.3) is 0 Å². The number of hydrogen-bond donors (Lipinski definition) is 3. The van der Waals surface area contributed by atoms with Crippen LogP contribution in [-0.4, -0.2) is 34.9 Å². The van der Waals surface area contributed by atoms with Gasteiger partial charge in [-0.25, -0.2) is 0 Å². The molecule has 0 aromatic carbocycles. The van der Waals surface area contributed by atoms with Gasteiger partial charge in [0.25, 0.3) is 0 Å². The molecule has 0 saturated heterocycles. The molecule has 0 fully saturated rings. The fourth-order valence-electron chi connectivity index (χ4n) is 6.00. The van der Waals surface area contributed by atoms with E-state index in [-0.39, 0.29) is 12.5 Å². The third-order valence-corrected chi connectivity index (χ3v) is 9.03. The number of allylic oxidation sites excluding steroid dienone is 2. The summed E-state index contributed by atoms with van der Waals surface area (Å²) in [7, 11) is 0. The standard InChI is InChI=1S/C39H77NO3/c1-3-5-7-9-11-13-15-16-17-18-19-20-21-22-23-24-25-27-29-31-33-35-39(43)40-37(36-41)38(42)34-32-30-28-26-14-12-10-8-6-4-2/h16-17,37-38,41-42H,3-15,18-36H2,1-2H3,(H,40,43)/b17-16+/t37-,38+/m0/s1. The molecular weight excluding hydrogens is 530 g/mol. The number of aliphatic hydroxyl groups is 2. The van der Waals surface area contributed by atoms with Crippen molar-refractivity contribution in [3.05, 3.63) is 12.2 Å². The molecule has 1 amide bonds. The van der Waals surface area contributed by atoms with E-state index < -0.39 is 12.1 Å². The second-order valence-electron chi connectivity index (χ2n) is 13.4. The van der Waals surface area contributed by atoms with Gasteiger partial charge in [-0.2, -0.15) is 0 Å². The minimum absolute atomic E-state index is 0.0329. The van der Waals surface area contributed by atoms with Gasteiger partial charge in [0.05, 0.1) is 18.8 Å². The minimum atomic E-state index is -0.653. The number of amides is 1. The highest BCUT2D eigenvalue weighted by molar-refractivity contribution is 5.76. The van der Waals surface area contributed by atoms with E-state index in [1.807, 2.05) is 0 Å². The fourth-order valence-corrected chi connectivity index (χ4v) is 6.00. The Bertz CT molecular complexity index is 579. The normalized spacial score (nSPS) is 13.1. The molecule has 0 aliphatic rings. The summed E-state index contributed by atoms with van der Waals surface area (Å²) >= 11 is 0. The zero-order valence-corrected chi connectivity index (χ0v) is 29.2. The van der Waals surface area contributed by atoms with Gasteiger partial charge in [-0.3, -0.25) is 4.79 Å². The first-order valence-corrected chi connectivity index (χ1v) is 19.4. The van der Waals surface area contributed by atoms with Crippen molar-refractivity contribution in [3.8, 4) is 0 Å². The Morgan fingerprint density at radius 3 is 1.28 bits per heavy atom. The summed E-state index contributed by atoms with van der Waals surface area (Å²) in [5.41, 5.74) is 0. The van der Waals surface area contributed by atoms with E-state index in [9.17, 15) is 15.0 Å². The molecule has 0 rings (SSSR count). The van der Waals surface area contributed by atoms with Crippen molar-refractivity contribution >= 4 is 5.91 Å². The Kier molecular flexibility index (Phi) is 34.9. The smallest absolute Gasteiger partial charge is 0.220 e. The number of rotatable bonds is 35. The quantitative estimate of drug-likeness (QED) is 0.0496. The van der Waals surface area contributed by atoms with Gasteiger partial charge in [-0.05, 0) is 38.5 Å². The van der Waals surface area contributed by atoms with Crippen LogP contribution in [0.4, 0.5) is 0 Å². The zero-order valence-electron chi connectivity index (χ0n) is 29.2. The lowest BCUT2D eigenvalue weighted by atomic mass is 10.0. The maximum Gasteiger partial charge on any atom is 0.220 e. The van der Waals surface area contributed by atoms with Crippen molar-refractivity contribution in [1.82, 2.24) is 5.32 Å². The summed E-state index contributed by atoms with van der Waals surface area (Å²) in [4.78, 5) is 12.3. The highest BCUT2D eigenvalue weighted by Crippen LogP contribution is 2.15. The van der Waals surface area contributed by atoms with Crippen LogP contribution in [-0.2, 0) is 4.79 Å². The van der Waals surface area contributed by atoms with Gasteiger partial charge < -0.3 is 15.5 Å². The number of hydrogen-bond acceptors (Lipinski definition) is 3. The first-order chi connectivity index (χ1) is 21.2. The van der Waals surface area contributed by atoms with Gasteiger partial charge in [0.2, 0.25) is 5.91 Å². The summed E-state index contributed by atoms with van der Waals surface area (Å²) in [6.45, 7) is 4.34. The second-order valence-corrected chi connectivity index (χ2v) is 13.4. The average Bonchev–Trinajstić information content (AvgIpc) is 3.01. The van der Waals surface area contributed by atoms with Crippen LogP contribution >= 0.6 is 0 Å². The molecule has 0 aliphatic carbocycles. The third kappa shape index (κ3) is 32.3. The Balaban J connectivity index is 3.49. The monoisotopic (exact) mass is 608 g/mol. The van der Waals surface area contributed by atoms with E-state index in [1.165, 1.54) is 161 Å². The lowest BCUT2D eigenvalue weighted by Gasteiger charge is -2.22.